The number of nitrogens with one attached hydrogen (secondary N) is 1. The van der Waals surface area contributed by atoms with Crippen molar-refractivity contribution in [2.45, 2.75) is 52.7 Å². The third kappa shape index (κ3) is 5.94. The van der Waals surface area contributed by atoms with Crippen molar-refractivity contribution in [3.05, 3.63) is 19.9 Å². The first kappa shape index (κ1) is 18.4. The highest BCUT2D eigenvalue weighted by molar-refractivity contribution is 14.1. The van der Waals surface area contributed by atoms with Crippen molar-refractivity contribution in [1.82, 2.24) is 5.32 Å². The summed E-state index contributed by atoms with van der Waals surface area (Å²) < 4.78 is 6.45. The van der Waals surface area contributed by atoms with Gasteiger partial charge < -0.3 is 10.1 Å². The van der Waals surface area contributed by atoms with E-state index in [9.17, 15) is 9.59 Å². The molecule has 21 heavy (non-hydrogen) atoms. The summed E-state index contributed by atoms with van der Waals surface area (Å²) in [4.78, 5) is 24.5. The standard InChI is InChI=1S/C15H22INO3S/c1-6-9(2)12(14(19)20-15(3,4)5)17-13(18)10-7-11(16)21-8-10/h7-9,12H,6H2,1-5H3,(H,17,18)/t9-,12-/m0/s1. The highest BCUT2D eigenvalue weighted by Gasteiger charge is 2.30. The first-order valence-corrected chi connectivity index (χ1v) is 8.87. The summed E-state index contributed by atoms with van der Waals surface area (Å²) in [6.07, 6.45) is 0.783. The van der Waals surface area contributed by atoms with Gasteiger partial charge in [0.05, 0.1) is 8.45 Å². The van der Waals surface area contributed by atoms with E-state index in [1.807, 2.05) is 40.7 Å². The predicted molar refractivity (Wildman–Crippen MR) is 93.6 cm³/mol. The molecule has 1 aromatic heterocycles. The van der Waals surface area contributed by atoms with Gasteiger partial charge in [-0.3, -0.25) is 4.79 Å². The van der Waals surface area contributed by atoms with E-state index in [2.05, 4.69) is 27.9 Å². The fourth-order valence-electron chi connectivity index (χ4n) is 1.69. The van der Waals surface area contributed by atoms with Gasteiger partial charge >= 0.3 is 5.97 Å². The number of thiophene rings is 1. The molecule has 4 nitrogen and oxygen atoms in total. The highest BCUT2D eigenvalue weighted by Crippen LogP contribution is 2.18. The molecule has 0 unspecified atom stereocenters. The average Bonchev–Trinajstić information content (AvgIpc) is 2.79. The zero-order chi connectivity index (χ0) is 16.2. The van der Waals surface area contributed by atoms with E-state index in [0.29, 0.717) is 5.56 Å². The van der Waals surface area contributed by atoms with E-state index in [-0.39, 0.29) is 17.8 Å². The van der Waals surface area contributed by atoms with Crippen LogP contribution in [0.15, 0.2) is 11.4 Å². The molecule has 0 bridgehead atoms. The van der Waals surface area contributed by atoms with Crippen molar-refractivity contribution < 1.29 is 14.3 Å². The fraction of sp³-hybridized carbons (Fsp3) is 0.600. The number of ether oxygens (including phenoxy) is 1. The van der Waals surface area contributed by atoms with E-state index in [4.69, 9.17) is 4.74 Å². The minimum absolute atomic E-state index is 0.0153. The molecule has 0 saturated carbocycles. The van der Waals surface area contributed by atoms with E-state index in [0.717, 1.165) is 9.30 Å². The van der Waals surface area contributed by atoms with Gasteiger partial charge in [-0.1, -0.05) is 20.3 Å². The van der Waals surface area contributed by atoms with Gasteiger partial charge in [-0.05, 0) is 55.3 Å². The van der Waals surface area contributed by atoms with Crippen LogP contribution in [-0.2, 0) is 9.53 Å². The van der Waals surface area contributed by atoms with Crippen LogP contribution in [0.1, 0.15) is 51.4 Å². The molecule has 0 radical (unpaired) electrons. The lowest BCUT2D eigenvalue weighted by molar-refractivity contribution is -0.158. The number of carbonyl (C=O) groups is 2. The SMILES string of the molecule is CC[C@H](C)[C@H](NC(=O)c1csc(I)c1)C(=O)OC(C)(C)C. The molecule has 0 aliphatic heterocycles. The number of halogens is 1. The van der Waals surface area contributed by atoms with Gasteiger partial charge in [-0.25, -0.2) is 4.79 Å². The average molecular weight is 423 g/mol. The molecule has 1 rings (SSSR count). The Morgan fingerprint density at radius 1 is 1.43 bits per heavy atom. The number of esters is 1. The second kappa shape index (κ2) is 7.58. The lowest BCUT2D eigenvalue weighted by Gasteiger charge is -2.27. The van der Waals surface area contributed by atoms with Crippen LogP contribution in [0, 0.1) is 8.80 Å². The maximum atomic E-state index is 12.3. The van der Waals surface area contributed by atoms with Crippen LogP contribution in [-0.4, -0.2) is 23.5 Å². The lowest BCUT2D eigenvalue weighted by atomic mass is 9.98. The monoisotopic (exact) mass is 423 g/mol. The molecule has 0 saturated heterocycles. The smallest absolute Gasteiger partial charge is 0.329 e. The largest absolute Gasteiger partial charge is 0.458 e. The number of hydrogen-bond donors (Lipinski definition) is 1. The van der Waals surface area contributed by atoms with Crippen molar-refractivity contribution in [3.63, 3.8) is 0 Å². The van der Waals surface area contributed by atoms with Crippen molar-refractivity contribution in [3.8, 4) is 0 Å². The van der Waals surface area contributed by atoms with Gasteiger partial charge in [0, 0.05) is 5.38 Å². The zero-order valence-electron chi connectivity index (χ0n) is 13.0. The Morgan fingerprint density at radius 3 is 2.48 bits per heavy atom. The van der Waals surface area contributed by atoms with Crippen LogP contribution < -0.4 is 5.32 Å². The van der Waals surface area contributed by atoms with Crippen LogP contribution in [0.25, 0.3) is 0 Å². The molecule has 0 spiro atoms. The molecule has 6 heteroatoms. The molecular weight excluding hydrogens is 401 g/mol. The van der Waals surface area contributed by atoms with Crippen LogP contribution >= 0.6 is 33.9 Å². The van der Waals surface area contributed by atoms with E-state index in [1.54, 1.807) is 5.38 Å². The number of rotatable bonds is 5. The predicted octanol–water partition coefficient (Wildman–Crippen LogP) is 3.84. The lowest BCUT2D eigenvalue weighted by Crippen LogP contribution is -2.47. The fourth-order valence-corrected chi connectivity index (χ4v) is 3.01. The number of hydrogen-bond acceptors (Lipinski definition) is 4. The quantitative estimate of drug-likeness (QED) is 0.579. The summed E-state index contributed by atoms with van der Waals surface area (Å²) in [5.41, 5.74) is 0.0203. The summed E-state index contributed by atoms with van der Waals surface area (Å²) in [5.74, 6) is -0.595. The Bertz CT molecular complexity index is 507. The van der Waals surface area contributed by atoms with Crippen LogP contribution in [0.3, 0.4) is 0 Å². The van der Waals surface area contributed by atoms with Crippen molar-refractivity contribution >= 4 is 45.8 Å². The minimum Gasteiger partial charge on any atom is -0.458 e. The Morgan fingerprint density at radius 2 is 2.05 bits per heavy atom. The van der Waals surface area contributed by atoms with E-state index >= 15 is 0 Å². The zero-order valence-corrected chi connectivity index (χ0v) is 16.0. The third-order valence-electron chi connectivity index (χ3n) is 2.99. The van der Waals surface area contributed by atoms with E-state index in [1.165, 1.54) is 11.3 Å². The van der Waals surface area contributed by atoms with Crippen molar-refractivity contribution in [2.75, 3.05) is 0 Å². The minimum atomic E-state index is -0.626. The number of carbonyl (C=O) groups excluding carboxylic acids is 2. The summed E-state index contributed by atoms with van der Waals surface area (Å²) in [7, 11) is 0. The Hall–Kier alpha value is -0.630. The van der Waals surface area contributed by atoms with Gasteiger partial charge in [0.1, 0.15) is 11.6 Å². The molecule has 1 amide bonds. The molecule has 2 atom stereocenters. The molecule has 0 aliphatic carbocycles. The van der Waals surface area contributed by atoms with Crippen molar-refractivity contribution in [1.29, 1.82) is 0 Å². The molecule has 0 aromatic carbocycles. The summed E-state index contributed by atoms with van der Waals surface area (Å²) in [6.45, 7) is 9.39. The Kier molecular flexibility index (Phi) is 6.65. The number of amides is 1. The van der Waals surface area contributed by atoms with Gasteiger partial charge in [0.2, 0.25) is 0 Å². The summed E-state index contributed by atoms with van der Waals surface area (Å²) in [5, 5.41) is 4.60. The van der Waals surface area contributed by atoms with Crippen LogP contribution in [0.4, 0.5) is 0 Å². The molecular formula is C15H22INO3S. The van der Waals surface area contributed by atoms with E-state index < -0.39 is 11.6 Å². The summed E-state index contributed by atoms with van der Waals surface area (Å²) >= 11 is 3.67. The Labute approximate surface area is 143 Å². The molecule has 1 aromatic rings. The second-order valence-corrected chi connectivity index (χ2v) is 8.82. The van der Waals surface area contributed by atoms with Crippen LogP contribution in [0.5, 0.6) is 0 Å². The molecule has 0 aliphatic rings. The first-order chi connectivity index (χ1) is 9.64. The van der Waals surface area contributed by atoms with Gasteiger partial charge in [0.25, 0.3) is 5.91 Å². The third-order valence-corrected chi connectivity index (χ3v) is 4.78. The molecule has 0 fully saturated rings. The highest BCUT2D eigenvalue weighted by atomic mass is 127. The van der Waals surface area contributed by atoms with Gasteiger partial charge in [0.15, 0.2) is 0 Å². The van der Waals surface area contributed by atoms with Gasteiger partial charge in [-0.2, -0.15) is 0 Å². The molecule has 1 N–H and O–H groups in total. The van der Waals surface area contributed by atoms with Crippen LogP contribution in [0.2, 0.25) is 0 Å². The topological polar surface area (TPSA) is 55.4 Å². The maximum Gasteiger partial charge on any atom is 0.329 e. The first-order valence-electron chi connectivity index (χ1n) is 6.91. The second-order valence-electron chi connectivity index (χ2n) is 6.01. The summed E-state index contributed by atoms with van der Waals surface area (Å²) in [6, 6.07) is 1.18. The Balaban J connectivity index is 2.83. The van der Waals surface area contributed by atoms with Crippen molar-refractivity contribution in [2.24, 2.45) is 5.92 Å². The van der Waals surface area contributed by atoms with Gasteiger partial charge in [-0.15, -0.1) is 11.3 Å². The molecule has 118 valence electrons. The maximum absolute atomic E-state index is 12.3. The molecule has 1 heterocycles. The normalized spacial score (nSPS) is 14.4.